The summed E-state index contributed by atoms with van der Waals surface area (Å²) in [4.78, 5) is 0. The Bertz CT molecular complexity index is 359. The fourth-order valence-corrected chi connectivity index (χ4v) is 1.10. The topological polar surface area (TPSA) is 12.0 Å². The molecule has 1 aromatic carbocycles. The molecule has 4 heteroatoms. The van der Waals surface area contributed by atoms with E-state index in [2.05, 4.69) is 11.2 Å². The molecule has 0 saturated carbocycles. The van der Waals surface area contributed by atoms with Crippen LogP contribution in [0.4, 0.5) is 13.2 Å². The summed E-state index contributed by atoms with van der Waals surface area (Å²) >= 11 is 0. The van der Waals surface area contributed by atoms with Gasteiger partial charge < -0.3 is 5.32 Å². The zero-order chi connectivity index (χ0) is 11.3. The molecule has 0 aliphatic heterocycles. The van der Waals surface area contributed by atoms with E-state index in [1.165, 1.54) is 0 Å². The molecule has 80 valence electrons. The van der Waals surface area contributed by atoms with Crippen LogP contribution in [0.5, 0.6) is 0 Å². The molecule has 1 nitrogen and oxygen atoms in total. The van der Waals surface area contributed by atoms with Gasteiger partial charge in [-0.15, -0.1) is 12.3 Å². The van der Waals surface area contributed by atoms with Crippen molar-refractivity contribution < 1.29 is 13.2 Å². The summed E-state index contributed by atoms with van der Waals surface area (Å²) in [7, 11) is 0. The second-order valence-electron chi connectivity index (χ2n) is 3.00. The van der Waals surface area contributed by atoms with Crippen LogP contribution >= 0.6 is 0 Å². The van der Waals surface area contributed by atoms with Gasteiger partial charge in [0.1, 0.15) is 0 Å². The highest BCUT2D eigenvalue weighted by Crippen LogP contribution is 2.13. The van der Waals surface area contributed by atoms with Gasteiger partial charge in [-0.2, -0.15) is 0 Å². The van der Waals surface area contributed by atoms with Crippen molar-refractivity contribution in [3.05, 3.63) is 35.1 Å². The fraction of sp³-hybridized carbons (Fsp3) is 0.273. The van der Waals surface area contributed by atoms with E-state index in [-0.39, 0.29) is 6.54 Å². The first-order valence-corrected chi connectivity index (χ1v) is 4.42. The molecule has 0 aliphatic carbocycles. The van der Waals surface area contributed by atoms with Gasteiger partial charge in [0.05, 0.1) is 0 Å². The van der Waals surface area contributed by atoms with E-state index < -0.39 is 17.5 Å². The van der Waals surface area contributed by atoms with Gasteiger partial charge in [-0.1, -0.05) is 0 Å². The molecule has 0 atom stereocenters. The molecular formula is C11H10F3N. The Morgan fingerprint density at radius 1 is 1.20 bits per heavy atom. The van der Waals surface area contributed by atoms with Gasteiger partial charge in [-0.3, -0.25) is 0 Å². The van der Waals surface area contributed by atoms with Crippen molar-refractivity contribution in [1.29, 1.82) is 0 Å². The minimum Gasteiger partial charge on any atom is -0.312 e. The molecule has 0 aromatic heterocycles. The number of nitrogens with one attached hydrogen (secondary N) is 1. The maximum Gasteiger partial charge on any atom is 0.194 e. The van der Waals surface area contributed by atoms with Crippen molar-refractivity contribution >= 4 is 0 Å². The molecule has 0 aliphatic rings. The number of hydrogen-bond donors (Lipinski definition) is 1. The Balaban J connectivity index is 2.59. The van der Waals surface area contributed by atoms with E-state index in [9.17, 15) is 13.2 Å². The first-order chi connectivity index (χ1) is 7.15. The fourth-order valence-electron chi connectivity index (χ4n) is 1.10. The van der Waals surface area contributed by atoms with Crippen LogP contribution in [0.25, 0.3) is 0 Å². The predicted molar refractivity (Wildman–Crippen MR) is 51.5 cm³/mol. The van der Waals surface area contributed by atoms with Gasteiger partial charge in [0.15, 0.2) is 17.5 Å². The van der Waals surface area contributed by atoms with Crippen molar-refractivity contribution in [3.63, 3.8) is 0 Å². The maximum atomic E-state index is 12.7. The van der Waals surface area contributed by atoms with Gasteiger partial charge in [0, 0.05) is 19.5 Å². The predicted octanol–water partition coefficient (Wildman–Crippen LogP) is 2.22. The van der Waals surface area contributed by atoms with Crippen molar-refractivity contribution in [2.24, 2.45) is 0 Å². The van der Waals surface area contributed by atoms with Gasteiger partial charge in [0.2, 0.25) is 0 Å². The third-order valence-corrected chi connectivity index (χ3v) is 1.82. The molecule has 15 heavy (non-hydrogen) atoms. The quantitative estimate of drug-likeness (QED) is 0.459. The Labute approximate surface area is 86.3 Å². The van der Waals surface area contributed by atoms with Crippen LogP contribution in [0.3, 0.4) is 0 Å². The normalized spacial score (nSPS) is 10.0. The Morgan fingerprint density at radius 2 is 1.80 bits per heavy atom. The average Bonchev–Trinajstić information content (AvgIpc) is 2.21. The number of rotatable bonds is 4. The summed E-state index contributed by atoms with van der Waals surface area (Å²) in [5.74, 6) is -1.38. The van der Waals surface area contributed by atoms with Crippen LogP contribution in [-0.2, 0) is 6.54 Å². The third kappa shape index (κ3) is 3.30. The van der Waals surface area contributed by atoms with E-state index >= 15 is 0 Å². The molecule has 0 unspecified atom stereocenters. The number of benzene rings is 1. The number of terminal acetylenes is 1. The summed E-state index contributed by atoms with van der Waals surface area (Å²) in [6.45, 7) is 0.812. The minimum absolute atomic E-state index is 0.260. The molecule has 0 saturated heterocycles. The van der Waals surface area contributed by atoms with Crippen molar-refractivity contribution in [3.8, 4) is 12.3 Å². The highest BCUT2D eigenvalue weighted by atomic mass is 19.2. The molecule has 0 heterocycles. The Hall–Kier alpha value is -1.47. The van der Waals surface area contributed by atoms with Gasteiger partial charge >= 0.3 is 0 Å². The lowest BCUT2D eigenvalue weighted by Crippen LogP contribution is -2.14. The molecule has 0 amide bonds. The molecule has 0 fully saturated rings. The van der Waals surface area contributed by atoms with Crippen molar-refractivity contribution in [2.45, 2.75) is 13.0 Å². The lowest BCUT2D eigenvalue weighted by Gasteiger charge is -2.04. The Kier molecular flexibility index (Phi) is 4.19. The third-order valence-electron chi connectivity index (χ3n) is 1.82. The summed E-state index contributed by atoms with van der Waals surface area (Å²) in [6, 6.07) is 1.92. The highest BCUT2D eigenvalue weighted by molar-refractivity contribution is 5.19. The van der Waals surface area contributed by atoms with Crippen LogP contribution in [0.1, 0.15) is 12.0 Å². The van der Waals surface area contributed by atoms with Crippen LogP contribution in [0.2, 0.25) is 0 Å². The van der Waals surface area contributed by atoms with Gasteiger partial charge in [0.25, 0.3) is 0 Å². The molecule has 0 radical (unpaired) electrons. The molecule has 1 rings (SSSR count). The Morgan fingerprint density at radius 3 is 2.33 bits per heavy atom. The van der Waals surface area contributed by atoms with Crippen molar-refractivity contribution in [2.75, 3.05) is 6.54 Å². The van der Waals surface area contributed by atoms with Crippen LogP contribution in [0.15, 0.2) is 12.1 Å². The van der Waals surface area contributed by atoms with E-state index in [1.807, 2.05) is 0 Å². The zero-order valence-corrected chi connectivity index (χ0v) is 7.99. The highest BCUT2D eigenvalue weighted by Gasteiger charge is 2.09. The van der Waals surface area contributed by atoms with Gasteiger partial charge in [-0.25, -0.2) is 13.2 Å². The monoisotopic (exact) mass is 213 g/mol. The van der Waals surface area contributed by atoms with E-state index in [1.54, 1.807) is 0 Å². The van der Waals surface area contributed by atoms with Crippen LogP contribution < -0.4 is 5.32 Å². The number of halogens is 3. The summed E-state index contributed by atoms with van der Waals surface area (Å²) in [5, 5.41) is 2.88. The lowest BCUT2D eigenvalue weighted by atomic mass is 10.2. The van der Waals surface area contributed by atoms with E-state index in [0.29, 0.717) is 18.5 Å². The van der Waals surface area contributed by atoms with Crippen LogP contribution in [-0.4, -0.2) is 6.54 Å². The number of hydrogen-bond acceptors (Lipinski definition) is 1. The minimum atomic E-state index is -1.44. The van der Waals surface area contributed by atoms with E-state index in [4.69, 9.17) is 6.42 Å². The standard InChI is InChI=1S/C11H10F3N/c1-2-3-4-15-7-8-5-9(12)11(14)10(13)6-8/h1,5-6,15H,3-4,7H2. The summed E-state index contributed by atoms with van der Waals surface area (Å²) < 4.78 is 38.0. The summed E-state index contributed by atoms with van der Waals surface area (Å²) in [6.07, 6.45) is 5.55. The first-order valence-electron chi connectivity index (χ1n) is 4.42. The average molecular weight is 213 g/mol. The first kappa shape index (κ1) is 11.6. The molecule has 1 N–H and O–H groups in total. The van der Waals surface area contributed by atoms with Crippen molar-refractivity contribution in [1.82, 2.24) is 5.32 Å². The largest absolute Gasteiger partial charge is 0.312 e. The van der Waals surface area contributed by atoms with E-state index in [0.717, 1.165) is 12.1 Å². The second kappa shape index (κ2) is 5.42. The summed E-state index contributed by atoms with van der Waals surface area (Å²) in [5.41, 5.74) is 0.350. The lowest BCUT2D eigenvalue weighted by molar-refractivity contribution is 0.444. The molecule has 0 spiro atoms. The maximum absolute atomic E-state index is 12.7. The second-order valence-corrected chi connectivity index (χ2v) is 3.00. The SMILES string of the molecule is C#CCCNCc1cc(F)c(F)c(F)c1. The molecule has 1 aromatic rings. The smallest absolute Gasteiger partial charge is 0.194 e. The molecule has 0 bridgehead atoms. The van der Waals surface area contributed by atoms with Gasteiger partial charge in [-0.05, 0) is 17.7 Å². The molecular weight excluding hydrogens is 203 g/mol. The zero-order valence-electron chi connectivity index (χ0n) is 7.99. The van der Waals surface area contributed by atoms with Crippen LogP contribution in [0, 0.1) is 29.8 Å².